The van der Waals surface area contributed by atoms with Crippen LogP contribution in [0.3, 0.4) is 0 Å². The number of aromatic nitrogens is 4. The van der Waals surface area contributed by atoms with Crippen LogP contribution in [0.15, 0.2) is 47.4 Å². The summed E-state index contributed by atoms with van der Waals surface area (Å²) in [5.41, 5.74) is 0.607. The fraction of sp³-hybridized carbons (Fsp3) is 0.263. The number of rotatable bonds is 7. The second kappa shape index (κ2) is 8.67. The van der Waals surface area contributed by atoms with Crippen LogP contribution in [-0.2, 0) is 10.0 Å². The van der Waals surface area contributed by atoms with E-state index in [-0.39, 0.29) is 22.2 Å². The molecule has 0 radical (unpaired) electrons. The minimum absolute atomic E-state index is 0.0432. The molecule has 9 nitrogen and oxygen atoms in total. The van der Waals surface area contributed by atoms with Gasteiger partial charge in [-0.15, -0.1) is 5.10 Å². The molecule has 1 aromatic heterocycles. The molecule has 0 bridgehead atoms. The van der Waals surface area contributed by atoms with E-state index in [9.17, 15) is 17.6 Å². The first-order valence-corrected chi connectivity index (χ1v) is 10.7. The first-order valence-electron chi connectivity index (χ1n) is 9.20. The van der Waals surface area contributed by atoms with Gasteiger partial charge < -0.3 is 5.32 Å². The first-order chi connectivity index (χ1) is 14.2. The maximum absolute atomic E-state index is 14.2. The van der Waals surface area contributed by atoms with E-state index in [1.54, 1.807) is 13.8 Å². The van der Waals surface area contributed by atoms with Crippen molar-refractivity contribution >= 4 is 21.6 Å². The highest BCUT2D eigenvalue weighted by atomic mass is 32.2. The van der Waals surface area contributed by atoms with Crippen LogP contribution in [0.25, 0.3) is 5.69 Å². The number of amides is 1. The van der Waals surface area contributed by atoms with Gasteiger partial charge >= 0.3 is 0 Å². The van der Waals surface area contributed by atoms with E-state index in [1.165, 1.54) is 47.1 Å². The summed E-state index contributed by atoms with van der Waals surface area (Å²) in [5, 5.41) is 13.6. The van der Waals surface area contributed by atoms with E-state index in [0.29, 0.717) is 17.9 Å². The average molecular weight is 432 g/mol. The standard InChI is InChI=1S/C19H21FN6O3S/c1-4-12(2)23-30(28,29)16-8-5-14(6-9-16)19(27)21-18-11-15(7-10-17(18)20)26-13(3)22-24-25-26/h5-12,23H,4H2,1-3H3,(H,21,27). The molecule has 0 aliphatic carbocycles. The molecule has 2 aromatic carbocycles. The van der Waals surface area contributed by atoms with Crippen molar-refractivity contribution in [3.8, 4) is 5.69 Å². The van der Waals surface area contributed by atoms with Crippen molar-refractivity contribution in [1.82, 2.24) is 24.9 Å². The highest BCUT2D eigenvalue weighted by Gasteiger charge is 2.18. The van der Waals surface area contributed by atoms with Crippen LogP contribution in [0.2, 0.25) is 0 Å². The zero-order valence-electron chi connectivity index (χ0n) is 16.6. The maximum Gasteiger partial charge on any atom is 0.255 e. The first kappa shape index (κ1) is 21.5. The van der Waals surface area contributed by atoms with Crippen LogP contribution < -0.4 is 10.0 Å². The normalized spacial score (nSPS) is 12.5. The van der Waals surface area contributed by atoms with Crippen molar-refractivity contribution in [2.75, 3.05) is 5.32 Å². The molecule has 1 unspecified atom stereocenters. The van der Waals surface area contributed by atoms with Gasteiger partial charge in [-0.1, -0.05) is 6.92 Å². The third-order valence-corrected chi connectivity index (χ3v) is 6.07. The molecule has 0 aliphatic heterocycles. The fourth-order valence-electron chi connectivity index (χ4n) is 2.61. The topological polar surface area (TPSA) is 119 Å². The van der Waals surface area contributed by atoms with Gasteiger partial charge in [-0.2, -0.15) is 4.68 Å². The Balaban J connectivity index is 1.79. The Morgan fingerprint density at radius 3 is 2.50 bits per heavy atom. The Morgan fingerprint density at radius 1 is 1.20 bits per heavy atom. The molecule has 30 heavy (non-hydrogen) atoms. The molecular formula is C19H21FN6O3S. The zero-order valence-corrected chi connectivity index (χ0v) is 17.4. The molecule has 0 spiro atoms. The van der Waals surface area contributed by atoms with E-state index < -0.39 is 21.7 Å². The molecule has 1 amide bonds. The molecular weight excluding hydrogens is 411 g/mol. The Kier molecular flexibility index (Phi) is 6.22. The second-order valence-corrected chi connectivity index (χ2v) is 8.43. The molecule has 1 heterocycles. The SMILES string of the molecule is CCC(C)NS(=O)(=O)c1ccc(C(=O)Nc2cc(-n3nnnc3C)ccc2F)cc1. The summed E-state index contributed by atoms with van der Waals surface area (Å²) in [4.78, 5) is 12.6. The summed E-state index contributed by atoms with van der Waals surface area (Å²) < 4.78 is 42.8. The molecule has 158 valence electrons. The highest BCUT2D eigenvalue weighted by Crippen LogP contribution is 2.20. The molecule has 11 heteroatoms. The quantitative estimate of drug-likeness (QED) is 0.592. The van der Waals surface area contributed by atoms with Gasteiger partial charge in [-0.3, -0.25) is 4.79 Å². The van der Waals surface area contributed by atoms with Crippen molar-refractivity contribution in [1.29, 1.82) is 0 Å². The van der Waals surface area contributed by atoms with E-state index in [1.807, 2.05) is 6.92 Å². The number of carbonyl (C=O) groups is 1. The number of anilines is 1. The van der Waals surface area contributed by atoms with Crippen LogP contribution in [0.4, 0.5) is 10.1 Å². The van der Waals surface area contributed by atoms with Crippen molar-refractivity contribution in [3.05, 3.63) is 59.7 Å². The van der Waals surface area contributed by atoms with Gasteiger partial charge in [0.15, 0.2) is 5.82 Å². The monoisotopic (exact) mass is 432 g/mol. The van der Waals surface area contributed by atoms with Crippen molar-refractivity contribution in [2.24, 2.45) is 0 Å². The number of sulfonamides is 1. The molecule has 1 atom stereocenters. The van der Waals surface area contributed by atoms with Gasteiger partial charge in [0, 0.05) is 11.6 Å². The van der Waals surface area contributed by atoms with Crippen molar-refractivity contribution in [2.45, 2.75) is 38.1 Å². The molecule has 0 aliphatic rings. The lowest BCUT2D eigenvalue weighted by Gasteiger charge is -2.12. The lowest BCUT2D eigenvalue weighted by Crippen LogP contribution is -2.32. The van der Waals surface area contributed by atoms with E-state index in [2.05, 4.69) is 25.6 Å². The lowest BCUT2D eigenvalue weighted by atomic mass is 10.2. The average Bonchev–Trinajstić information content (AvgIpc) is 3.15. The lowest BCUT2D eigenvalue weighted by molar-refractivity contribution is 0.102. The number of benzene rings is 2. The predicted molar refractivity (Wildman–Crippen MR) is 108 cm³/mol. The molecule has 0 saturated heterocycles. The van der Waals surface area contributed by atoms with Gasteiger partial charge in [-0.05, 0) is 73.2 Å². The minimum atomic E-state index is -3.68. The van der Waals surface area contributed by atoms with Gasteiger partial charge in [0.1, 0.15) is 5.82 Å². The van der Waals surface area contributed by atoms with Crippen LogP contribution in [0.5, 0.6) is 0 Å². The summed E-state index contributed by atoms with van der Waals surface area (Å²) in [6, 6.07) is 9.28. The number of halogens is 1. The number of nitrogens with one attached hydrogen (secondary N) is 2. The number of nitrogens with zero attached hydrogens (tertiary/aromatic N) is 4. The number of carbonyl (C=O) groups excluding carboxylic acids is 1. The molecule has 0 fully saturated rings. The van der Waals surface area contributed by atoms with Gasteiger partial charge in [0.05, 0.1) is 16.3 Å². The third-order valence-electron chi connectivity index (χ3n) is 4.46. The summed E-state index contributed by atoms with van der Waals surface area (Å²) in [6.45, 7) is 5.32. The van der Waals surface area contributed by atoms with Gasteiger partial charge in [-0.25, -0.2) is 17.5 Å². The van der Waals surface area contributed by atoms with Crippen LogP contribution >= 0.6 is 0 Å². The summed E-state index contributed by atoms with van der Waals surface area (Å²) in [5.74, 6) is -0.713. The summed E-state index contributed by atoms with van der Waals surface area (Å²) >= 11 is 0. The van der Waals surface area contributed by atoms with Gasteiger partial charge in [0.2, 0.25) is 10.0 Å². The maximum atomic E-state index is 14.2. The molecule has 3 aromatic rings. The number of hydrogen-bond acceptors (Lipinski definition) is 6. The minimum Gasteiger partial charge on any atom is -0.319 e. The Bertz CT molecular complexity index is 1160. The van der Waals surface area contributed by atoms with E-state index in [0.717, 1.165) is 0 Å². The third kappa shape index (κ3) is 4.69. The summed E-state index contributed by atoms with van der Waals surface area (Å²) in [7, 11) is -3.68. The molecule has 2 N–H and O–H groups in total. The Hall–Kier alpha value is -3.18. The summed E-state index contributed by atoms with van der Waals surface area (Å²) in [6.07, 6.45) is 0.647. The van der Waals surface area contributed by atoms with Crippen molar-refractivity contribution in [3.63, 3.8) is 0 Å². The fourth-order valence-corrected chi connectivity index (χ4v) is 3.93. The largest absolute Gasteiger partial charge is 0.319 e. The van der Waals surface area contributed by atoms with Crippen LogP contribution in [-0.4, -0.2) is 40.6 Å². The highest BCUT2D eigenvalue weighted by molar-refractivity contribution is 7.89. The van der Waals surface area contributed by atoms with Crippen LogP contribution in [0, 0.1) is 12.7 Å². The number of tetrazole rings is 1. The molecule has 0 saturated carbocycles. The smallest absolute Gasteiger partial charge is 0.255 e. The predicted octanol–water partition coefficient (Wildman–Crippen LogP) is 2.44. The Labute approximate surface area is 173 Å². The second-order valence-electron chi connectivity index (χ2n) is 6.71. The van der Waals surface area contributed by atoms with Gasteiger partial charge in [0.25, 0.3) is 5.91 Å². The molecule has 3 rings (SSSR count). The Morgan fingerprint density at radius 2 is 1.90 bits per heavy atom. The van der Waals surface area contributed by atoms with Crippen LogP contribution in [0.1, 0.15) is 36.5 Å². The van der Waals surface area contributed by atoms with E-state index in [4.69, 9.17) is 0 Å². The number of hydrogen-bond donors (Lipinski definition) is 2. The number of aryl methyl sites for hydroxylation is 1. The zero-order chi connectivity index (χ0) is 21.9. The van der Waals surface area contributed by atoms with Crippen molar-refractivity contribution < 1.29 is 17.6 Å². The van der Waals surface area contributed by atoms with E-state index >= 15 is 0 Å².